The molecule has 1 aliphatic heterocycles. The van der Waals surface area contributed by atoms with Gasteiger partial charge in [0.1, 0.15) is 5.82 Å². The van der Waals surface area contributed by atoms with Crippen LogP contribution in [-0.4, -0.2) is 49.0 Å². The second-order valence-electron chi connectivity index (χ2n) is 11.1. The maximum atomic E-state index is 13.3. The zero-order valence-electron chi connectivity index (χ0n) is 22.4. The smallest absolute Gasteiger partial charge is 0.324 e. The lowest BCUT2D eigenvalue weighted by molar-refractivity contribution is -0.136. The van der Waals surface area contributed by atoms with Crippen molar-refractivity contribution in [2.45, 2.75) is 57.7 Å². The van der Waals surface area contributed by atoms with E-state index in [4.69, 9.17) is 0 Å². The van der Waals surface area contributed by atoms with Crippen LogP contribution in [0.1, 0.15) is 62.0 Å². The predicted octanol–water partition coefficient (Wildman–Crippen LogP) is 5.29. The van der Waals surface area contributed by atoms with E-state index >= 15 is 0 Å². The van der Waals surface area contributed by atoms with Crippen molar-refractivity contribution >= 4 is 22.9 Å². The van der Waals surface area contributed by atoms with Crippen LogP contribution >= 0.6 is 0 Å². The van der Waals surface area contributed by atoms with Gasteiger partial charge in [-0.25, -0.2) is 14.5 Å². The number of nitrogens with one attached hydrogen (secondary N) is 2. The minimum Gasteiger partial charge on any atom is -0.324 e. The highest BCUT2D eigenvalue weighted by atomic mass is 19.4. The first-order valence-electron chi connectivity index (χ1n) is 13.0. The zero-order valence-corrected chi connectivity index (χ0v) is 22.4. The molecule has 0 radical (unpaired) electrons. The van der Waals surface area contributed by atoms with E-state index in [1.165, 1.54) is 28.7 Å². The molecule has 0 saturated carbocycles. The number of aromatic nitrogens is 5. The summed E-state index contributed by atoms with van der Waals surface area (Å²) in [6, 6.07) is 12.5. The Kier molecular flexibility index (Phi) is 7.11. The van der Waals surface area contributed by atoms with Gasteiger partial charge >= 0.3 is 12.2 Å². The van der Waals surface area contributed by atoms with Crippen LogP contribution in [0.5, 0.6) is 0 Å². The normalized spacial score (nSPS) is 15.0. The standard InChI is InChI=1S/C28H30F3N7O2/c1-27(2,3)19-10-8-17(9-11-19)16-38-24-22(35-36-38)25(39)34-23(33-24)18-12-14-37(15-13-18)26(40)32-21-7-5-4-6-20(21)28(29,30)31/h4-11,18H,12-16H2,1-3H3,(H,32,40)(H,33,34,39). The fraction of sp³-hybridized carbons (Fsp3) is 0.393. The number of hydrogen-bond donors (Lipinski definition) is 2. The molecule has 5 rings (SSSR count). The Bertz CT molecular complexity index is 1580. The first kappa shape index (κ1) is 27.4. The van der Waals surface area contributed by atoms with Gasteiger partial charge in [0.15, 0.2) is 11.2 Å². The number of alkyl halides is 3. The molecular weight excluding hydrogens is 523 g/mol. The molecule has 0 spiro atoms. The molecule has 4 aromatic rings. The van der Waals surface area contributed by atoms with Gasteiger partial charge in [-0.05, 0) is 41.5 Å². The highest BCUT2D eigenvalue weighted by Gasteiger charge is 2.34. The Morgan fingerprint density at radius 2 is 1.73 bits per heavy atom. The maximum absolute atomic E-state index is 13.3. The van der Waals surface area contributed by atoms with E-state index < -0.39 is 23.3 Å². The highest BCUT2D eigenvalue weighted by molar-refractivity contribution is 5.90. The van der Waals surface area contributed by atoms with Gasteiger partial charge in [0.25, 0.3) is 5.56 Å². The number of rotatable bonds is 4. The zero-order chi connectivity index (χ0) is 28.7. The average molecular weight is 554 g/mol. The van der Waals surface area contributed by atoms with Gasteiger partial charge < -0.3 is 15.2 Å². The molecule has 2 N–H and O–H groups in total. The van der Waals surface area contributed by atoms with Crippen molar-refractivity contribution in [1.82, 2.24) is 29.9 Å². The third-order valence-corrected chi connectivity index (χ3v) is 7.19. The number of fused-ring (bicyclic) bond motifs is 1. The summed E-state index contributed by atoms with van der Waals surface area (Å²) in [5.41, 5.74) is 1.19. The summed E-state index contributed by atoms with van der Waals surface area (Å²) < 4.78 is 41.5. The van der Waals surface area contributed by atoms with Crippen molar-refractivity contribution in [3.8, 4) is 0 Å². The number of urea groups is 1. The summed E-state index contributed by atoms with van der Waals surface area (Å²) >= 11 is 0. The lowest BCUT2D eigenvalue weighted by Crippen LogP contribution is -2.41. The summed E-state index contributed by atoms with van der Waals surface area (Å²) in [5.74, 6) is 0.338. The Labute approximate surface area is 228 Å². The molecule has 0 bridgehead atoms. The van der Waals surface area contributed by atoms with Gasteiger partial charge in [-0.3, -0.25) is 4.79 Å². The monoisotopic (exact) mass is 553 g/mol. The van der Waals surface area contributed by atoms with Crippen LogP contribution in [0, 0.1) is 0 Å². The van der Waals surface area contributed by atoms with Crippen LogP contribution in [0.2, 0.25) is 0 Å². The van der Waals surface area contributed by atoms with E-state index in [-0.39, 0.29) is 22.5 Å². The highest BCUT2D eigenvalue weighted by Crippen LogP contribution is 2.35. The number of para-hydroxylation sites is 1. The number of anilines is 1. The summed E-state index contributed by atoms with van der Waals surface area (Å²) in [4.78, 5) is 34.5. The van der Waals surface area contributed by atoms with Gasteiger partial charge in [-0.1, -0.05) is 62.4 Å². The molecule has 0 unspecified atom stereocenters. The van der Waals surface area contributed by atoms with Crippen LogP contribution in [0.25, 0.3) is 11.2 Å². The Hall–Kier alpha value is -4.22. The molecule has 1 saturated heterocycles. The fourth-order valence-corrected chi connectivity index (χ4v) is 4.86. The molecule has 12 heteroatoms. The van der Waals surface area contributed by atoms with Crippen LogP contribution in [0.3, 0.4) is 0 Å². The Morgan fingerprint density at radius 1 is 1.05 bits per heavy atom. The molecule has 210 valence electrons. The number of H-pyrrole nitrogens is 1. The van der Waals surface area contributed by atoms with E-state index in [2.05, 4.69) is 58.5 Å². The molecule has 0 atom stereocenters. The van der Waals surface area contributed by atoms with Gasteiger partial charge in [-0.2, -0.15) is 13.2 Å². The molecule has 2 amide bonds. The molecule has 2 aromatic carbocycles. The van der Waals surface area contributed by atoms with Crippen molar-refractivity contribution in [2.75, 3.05) is 18.4 Å². The minimum absolute atomic E-state index is 0.0338. The number of amides is 2. The van der Waals surface area contributed by atoms with E-state index in [1.54, 1.807) is 4.68 Å². The molecular formula is C28H30F3N7O2. The molecule has 40 heavy (non-hydrogen) atoms. The molecule has 0 aliphatic carbocycles. The third kappa shape index (κ3) is 5.70. The number of likely N-dealkylation sites (tertiary alicyclic amines) is 1. The second kappa shape index (κ2) is 10.4. The van der Waals surface area contributed by atoms with Gasteiger partial charge in [0, 0.05) is 19.0 Å². The summed E-state index contributed by atoms with van der Waals surface area (Å²) in [6.07, 6.45) is -3.61. The van der Waals surface area contributed by atoms with E-state index in [0.717, 1.165) is 11.6 Å². The molecule has 3 heterocycles. The summed E-state index contributed by atoms with van der Waals surface area (Å²) in [5, 5.41) is 10.6. The number of benzene rings is 2. The van der Waals surface area contributed by atoms with Crippen molar-refractivity contribution in [3.05, 3.63) is 81.4 Å². The topological polar surface area (TPSA) is 109 Å². The SMILES string of the molecule is CC(C)(C)c1ccc(Cn2nnc3c(=O)[nH]c(C4CCN(C(=O)Nc5ccccc5C(F)(F)F)CC4)nc32)cc1. The van der Waals surface area contributed by atoms with Crippen LogP contribution in [0.15, 0.2) is 53.3 Å². The predicted molar refractivity (Wildman–Crippen MR) is 144 cm³/mol. The number of halogens is 3. The van der Waals surface area contributed by atoms with Gasteiger partial charge in [-0.15, -0.1) is 5.10 Å². The number of aromatic amines is 1. The average Bonchev–Trinajstić information content (AvgIpc) is 3.31. The van der Waals surface area contributed by atoms with Crippen molar-refractivity contribution in [2.24, 2.45) is 0 Å². The number of nitrogens with zero attached hydrogens (tertiary/aromatic N) is 5. The quantitative estimate of drug-likeness (QED) is 0.357. The van der Waals surface area contributed by atoms with Crippen molar-refractivity contribution < 1.29 is 18.0 Å². The lowest BCUT2D eigenvalue weighted by Gasteiger charge is -2.31. The Morgan fingerprint density at radius 3 is 2.38 bits per heavy atom. The number of carbonyl (C=O) groups excluding carboxylic acids is 1. The first-order valence-corrected chi connectivity index (χ1v) is 13.0. The minimum atomic E-state index is -4.58. The largest absolute Gasteiger partial charge is 0.418 e. The number of carbonyl (C=O) groups is 1. The summed E-state index contributed by atoms with van der Waals surface area (Å²) in [6.45, 7) is 7.43. The number of hydrogen-bond acceptors (Lipinski definition) is 5. The molecule has 1 aliphatic rings. The summed E-state index contributed by atoms with van der Waals surface area (Å²) in [7, 11) is 0. The number of piperidine rings is 1. The molecule has 9 nitrogen and oxygen atoms in total. The second-order valence-corrected chi connectivity index (χ2v) is 11.1. The first-order chi connectivity index (χ1) is 18.9. The molecule has 1 fully saturated rings. The van der Waals surface area contributed by atoms with Gasteiger partial charge in [0.05, 0.1) is 17.8 Å². The van der Waals surface area contributed by atoms with Crippen LogP contribution in [-0.2, 0) is 18.1 Å². The van der Waals surface area contributed by atoms with Gasteiger partial charge in [0.2, 0.25) is 0 Å². The van der Waals surface area contributed by atoms with Crippen LogP contribution in [0.4, 0.5) is 23.7 Å². The maximum Gasteiger partial charge on any atom is 0.418 e. The van der Waals surface area contributed by atoms with E-state index in [0.29, 0.717) is 43.9 Å². The van der Waals surface area contributed by atoms with Crippen LogP contribution < -0.4 is 10.9 Å². The Balaban J connectivity index is 1.28. The lowest BCUT2D eigenvalue weighted by atomic mass is 9.87. The molecule has 2 aromatic heterocycles. The van der Waals surface area contributed by atoms with E-state index in [1.807, 2.05) is 12.1 Å². The van der Waals surface area contributed by atoms with Crippen molar-refractivity contribution in [1.29, 1.82) is 0 Å². The fourth-order valence-electron chi connectivity index (χ4n) is 4.86. The van der Waals surface area contributed by atoms with E-state index in [9.17, 15) is 22.8 Å². The third-order valence-electron chi connectivity index (χ3n) is 7.19. The van der Waals surface area contributed by atoms with Crippen molar-refractivity contribution in [3.63, 3.8) is 0 Å².